The molecule has 2 aromatic heterocycles. The monoisotopic (exact) mass is 530 g/mol. The summed E-state index contributed by atoms with van der Waals surface area (Å²) in [6.07, 6.45) is -0.0243. The fourth-order valence-electron chi connectivity index (χ4n) is 5.83. The second kappa shape index (κ2) is 10.0. The van der Waals surface area contributed by atoms with Crippen molar-refractivity contribution in [1.29, 1.82) is 0 Å². The topological polar surface area (TPSA) is 118 Å². The maximum absolute atomic E-state index is 13.8. The van der Waals surface area contributed by atoms with Crippen molar-refractivity contribution < 1.29 is 19.2 Å². The molecule has 4 heterocycles. The number of nitrogens with zero attached hydrogens (tertiary/aromatic N) is 4. The van der Waals surface area contributed by atoms with Crippen LogP contribution in [0, 0.1) is 12.8 Å². The molecule has 204 valence electrons. The van der Waals surface area contributed by atoms with Crippen LogP contribution in [0.2, 0.25) is 0 Å². The SMILES string of the molecule is Cc1cc(C(C(=O)N2CC(O)CC2C2=NC(=O)C(C)(c3ccc(-c4cccc(=O)n4C)cc3)C2)C(C)C)on1. The summed E-state index contributed by atoms with van der Waals surface area (Å²) in [5.74, 6) is -0.535. The van der Waals surface area contributed by atoms with E-state index >= 15 is 0 Å². The Bertz CT molecular complexity index is 1500. The van der Waals surface area contributed by atoms with E-state index in [4.69, 9.17) is 4.52 Å². The van der Waals surface area contributed by atoms with E-state index in [1.165, 1.54) is 6.07 Å². The summed E-state index contributed by atoms with van der Waals surface area (Å²) >= 11 is 0. The van der Waals surface area contributed by atoms with Crippen LogP contribution in [0.1, 0.15) is 56.5 Å². The first-order valence-electron chi connectivity index (χ1n) is 13.3. The Balaban J connectivity index is 1.40. The molecule has 9 nitrogen and oxygen atoms in total. The molecule has 3 aromatic rings. The molecule has 1 saturated heterocycles. The highest BCUT2D eigenvalue weighted by Gasteiger charge is 2.48. The van der Waals surface area contributed by atoms with E-state index in [-0.39, 0.29) is 29.8 Å². The van der Waals surface area contributed by atoms with Gasteiger partial charge in [-0.2, -0.15) is 0 Å². The van der Waals surface area contributed by atoms with Crippen LogP contribution in [0.25, 0.3) is 11.3 Å². The van der Waals surface area contributed by atoms with E-state index in [2.05, 4.69) is 10.1 Å². The normalized spacial score (nSPS) is 23.9. The Morgan fingerprint density at radius 2 is 1.87 bits per heavy atom. The van der Waals surface area contributed by atoms with E-state index in [0.717, 1.165) is 16.8 Å². The third-order valence-electron chi connectivity index (χ3n) is 8.09. The number of aryl methyl sites for hydroxylation is 1. The average Bonchev–Trinajstić information content (AvgIpc) is 3.58. The molecule has 0 bridgehead atoms. The van der Waals surface area contributed by atoms with Crippen molar-refractivity contribution in [3.05, 3.63) is 75.9 Å². The van der Waals surface area contributed by atoms with Crippen LogP contribution in [-0.2, 0) is 22.1 Å². The molecule has 9 heteroatoms. The van der Waals surface area contributed by atoms with Gasteiger partial charge in [-0.3, -0.25) is 14.4 Å². The first kappa shape index (κ1) is 26.7. The zero-order chi connectivity index (χ0) is 28.1. The van der Waals surface area contributed by atoms with Gasteiger partial charge in [0.1, 0.15) is 11.7 Å². The number of β-amino-alcohol motifs (C(OH)–C–C–N with tert-alkyl or cyclic N) is 1. The lowest BCUT2D eigenvalue weighted by Gasteiger charge is -2.30. The smallest absolute Gasteiger partial charge is 0.256 e. The van der Waals surface area contributed by atoms with E-state index in [9.17, 15) is 19.5 Å². The molecule has 2 aliphatic rings. The fraction of sp³-hybridized carbons (Fsp3) is 0.433. The number of aromatic nitrogens is 2. The van der Waals surface area contributed by atoms with Gasteiger partial charge in [-0.15, -0.1) is 0 Å². The number of carbonyl (C=O) groups excluding carboxylic acids is 2. The molecule has 1 N–H and O–H groups in total. The molecule has 4 atom stereocenters. The van der Waals surface area contributed by atoms with Gasteiger partial charge in [0, 0.05) is 44.3 Å². The Kier molecular flexibility index (Phi) is 6.88. The van der Waals surface area contributed by atoms with Gasteiger partial charge in [-0.25, -0.2) is 4.99 Å². The number of rotatable bonds is 6. The highest BCUT2D eigenvalue weighted by atomic mass is 16.5. The number of amides is 2. The summed E-state index contributed by atoms with van der Waals surface area (Å²) in [5.41, 5.74) is 2.78. The van der Waals surface area contributed by atoms with E-state index in [0.29, 0.717) is 30.0 Å². The molecule has 1 fully saturated rings. The molecule has 1 aromatic carbocycles. The van der Waals surface area contributed by atoms with Gasteiger partial charge in [0.05, 0.1) is 28.9 Å². The highest BCUT2D eigenvalue weighted by molar-refractivity contribution is 6.11. The van der Waals surface area contributed by atoms with Gasteiger partial charge in [0.2, 0.25) is 5.91 Å². The number of benzene rings is 1. The minimum Gasteiger partial charge on any atom is -0.391 e. The van der Waals surface area contributed by atoms with Gasteiger partial charge in [-0.1, -0.05) is 49.3 Å². The van der Waals surface area contributed by atoms with Crippen molar-refractivity contribution in [2.75, 3.05) is 6.54 Å². The molecular formula is C30H34N4O5. The van der Waals surface area contributed by atoms with E-state index in [1.807, 2.05) is 58.0 Å². The van der Waals surface area contributed by atoms with Gasteiger partial charge in [-0.05, 0) is 37.0 Å². The lowest BCUT2D eigenvalue weighted by Crippen LogP contribution is -2.44. The first-order chi connectivity index (χ1) is 18.5. The maximum Gasteiger partial charge on any atom is 0.256 e. The van der Waals surface area contributed by atoms with Crippen LogP contribution in [0.5, 0.6) is 0 Å². The maximum atomic E-state index is 13.8. The number of aliphatic hydroxyl groups excluding tert-OH is 1. The van der Waals surface area contributed by atoms with Crippen LogP contribution in [0.4, 0.5) is 0 Å². The standard InChI is InChI=1S/C30H34N4O5/c1-17(2)27(25-13-18(3)32-39-25)28(37)34-16-21(35)14-24(34)22-15-30(4,29(38)31-22)20-11-9-19(10-12-20)23-7-6-8-26(36)33(23)5/h6-13,17,21,24,27,35H,14-16H2,1-5H3. The predicted molar refractivity (Wildman–Crippen MR) is 146 cm³/mol. The van der Waals surface area contributed by atoms with E-state index < -0.39 is 23.5 Å². The molecule has 39 heavy (non-hydrogen) atoms. The second-order valence-electron chi connectivity index (χ2n) is 11.3. The van der Waals surface area contributed by atoms with Gasteiger partial charge < -0.3 is 19.1 Å². The average molecular weight is 531 g/mol. The number of pyridine rings is 1. The summed E-state index contributed by atoms with van der Waals surface area (Å²) < 4.78 is 7.04. The number of hydrogen-bond donors (Lipinski definition) is 1. The first-order valence-corrected chi connectivity index (χ1v) is 13.3. The second-order valence-corrected chi connectivity index (χ2v) is 11.3. The van der Waals surface area contributed by atoms with Crippen molar-refractivity contribution >= 4 is 17.5 Å². The minimum atomic E-state index is -0.891. The number of aliphatic hydroxyl groups is 1. The molecule has 0 saturated carbocycles. The summed E-state index contributed by atoms with van der Waals surface area (Å²) in [6.45, 7) is 7.75. The third kappa shape index (κ3) is 4.76. The molecule has 0 aliphatic carbocycles. The minimum absolute atomic E-state index is 0.0525. The fourth-order valence-corrected chi connectivity index (χ4v) is 5.83. The zero-order valence-corrected chi connectivity index (χ0v) is 22.9. The van der Waals surface area contributed by atoms with Crippen molar-refractivity contribution in [1.82, 2.24) is 14.6 Å². The molecular weight excluding hydrogens is 496 g/mol. The van der Waals surface area contributed by atoms with Crippen molar-refractivity contribution in [2.45, 2.75) is 64.0 Å². The molecule has 4 unspecified atom stereocenters. The Morgan fingerprint density at radius 1 is 1.15 bits per heavy atom. The van der Waals surface area contributed by atoms with Gasteiger partial charge >= 0.3 is 0 Å². The highest BCUT2D eigenvalue weighted by Crippen LogP contribution is 2.39. The van der Waals surface area contributed by atoms with Crippen LogP contribution >= 0.6 is 0 Å². The Morgan fingerprint density at radius 3 is 2.51 bits per heavy atom. The molecule has 2 aliphatic heterocycles. The predicted octanol–water partition coefficient (Wildman–Crippen LogP) is 3.38. The molecule has 2 amide bonds. The van der Waals surface area contributed by atoms with Crippen LogP contribution in [-0.4, -0.2) is 55.9 Å². The number of carbonyl (C=O) groups is 2. The summed E-state index contributed by atoms with van der Waals surface area (Å²) in [5, 5.41) is 14.5. The van der Waals surface area contributed by atoms with Crippen molar-refractivity contribution in [2.24, 2.45) is 18.0 Å². The molecule has 0 radical (unpaired) electrons. The zero-order valence-electron chi connectivity index (χ0n) is 22.9. The van der Waals surface area contributed by atoms with Crippen LogP contribution in [0.3, 0.4) is 0 Å². The van der Waals surface area contributed by atoms with Crippen molar-refractivity contribution in [3.63, 3.8) is 0 Å². The summed E-state index contributed by atoms with van der Waals surface area (Å²) in [4.78, 5) is 45.3. The number of aliphatic imine (C=N–C) groups is 1. The summed E-state index contributed by atoms with van der Waals surface area (Å²) in [6, 6.07) is 14.0. The molecule has 5 rings (SSSR count). The number of likely N-dealkylation sites (tertiary alicyclic amines) is 1. The van der Waals surface area contributed by atoms with Crippen LogP contribution in [0.15, 0.2) is 62.8 Å². The lowest BCUT2D eigenvalue weighted by molar-refractivity contribution is -0.134. The number of hydrogen-bond acceptors (Lipinski definition) is 6. The van der Waals surface area contributed by atoms with Crippen LogP contribution < -0.4 is 5.56 Å². The Hall–Kier alpha value is -3.85. The van der Waals surface area contributed by atoms with Gasteiger partial charge in [0.15, 0.2) is 0 Å². The van der Waals surface area contributed by atoms with E-state index in [1.54, 1.807) is 28.6 Å². The Labute approximate surface area is 227 Å². The largest absolute Gasteiger partial charge is 0.391 e. The third-order valence-corrected chi connectivity index (χ3v) is 8.09. The lowest BCUT2D eigenvalue weighted by atomic mass is 9.78. The van der Waals surface area contributed by atoms with Gasteiger partial charge in [0.25, 0.3) is 11.5 Å². The van der Waals surface area contributed by atoms with Crippen molar-refractivity contribution in [3.8, 4) is 11.3 Å². The quantitative estimate of drug-likeness (QED) is 0.522. The molecule has 0 spiro atoms. The summed E-state index contributed by atoms with van der Waals surface area (Å²) in [7, 11) is 1.73.